The standard InChI is InChI=1S/C18H16N2O4S/c1-2-22-13-4-3-5-15-16(13)19-18(25-15)20-17(21)11-6-7-12-14(10-11)24-9-8-23-12/h3-7,10H,2,8-9H2,1H3,(H,19,20,21). The number of ether oxygens (including phenoxy) is 3. The van der Waals surface area contributed by atoms with Gasteiger partial charge in [-0.1, -0.05) is 17.4 Å². The lowest BCUT2D eigenvalue weighted by atomic mass is 10.2. The number of nitrogens with zero attached hydrogens (tertiary/aromatic N) is 1. The molecule has 4 rings (SSSR count). The second-order valence-electron chi connectivity index (χ2n) is 5.37. The number of anilines is 1. The largest absolute Gasteiger partial charge is 0.492 e. The number of carbonyl (C=O) groups excluding carboxylic acids is 1. The summed E-state index contributed by atoms with van der Waals surface area (Å²) in [5, 5.41) is 3.37. The normalized spacial score (nSPS) is 12.8. The number of hydrogen-bond acceptors (Lipinski definition) is 6. The van der Waals surface area contributed by atoms with Gasteiger partial charge in [0.1, 0.15) is 24.5 Å². The van der Waals surface area contributed by atoms with E-state index in [1.165, 1.54) is 11.3 Å². The first kappa shape index (κ1) is 15.7. The van der Waals surface area contributed by atoms with Gasteiger partial charge in [0.25, 0.3) is 5.91 Å². The van der Waals surface area contributed by atoms with Gasteiger partial charge in [-0.15, -0.1) is 0 Å². The molecule has 1 N–H and O–H groups in total. The SMILES string of the molecule is CCOc1cccc2sc(NC(=O)c3ccc4c(c3)OCCO4)nc12. The summed E-state index contributed by atoms with van der Waals surface area (Å²) in [7, 11) is 0. The van der Waals surface area contributed by atoms with E-state index in [1.54, 1.807) is 18.2 Å². The van der Waals surface area contributed by atoms with Crippen molar-refractivity contribution in [1.29, 1.82) is 0 Å². The first-order valence-corrected chi connectivity index (χ1v) is 8.79. The molecule has 0 bridgehead atoms. The minimum Gasteiger partial charge on any atom is -0.492 e. The van der Waals surface area contributed by atoms with E-state index >= 15 is 0 Å². The predicted molar refractivity (Wildman–Crippen MR) is 96.2 cm³/mol. The highest BCUT2D eigenvalue weighted by molar-refractivity contribution is 7.22. The Bertz CT molecular complexity index is 938. The molecule has 128 valence electrons. The van der Waals surface area contributed by atoms with Crippen LogP contribution >= 0.6 is 11.3 Å². The average molecular weight is 356 g/mol. The van der Waals surface area contributed by atoms with E-state index in [4.69, 9.17) is 14.2 Å². The highest BCUT2D eigenvalue weighted by atomic mass is 32.1. The number of thiazole rings is 1. The van der Waals surface area contributed by atoms with E-state index in [2.05, 4.69) is 10.3 Å². The van der Waals surface area contributed by atoms with Crippen LogP contribution in [0.1, 0.15) is 17.3 Å². The first-order valence-electron chi connectivity index (χ1n) is 7.98. The van der Waals surface area contributed by atoms with Crippen LogP contribution in [-0.2, 0) is 0 Å². The molecule has 6 nitrogen and oxygen atoms in total. The summed E-state index contributed by atoms with van der Waals surface area (Å²) in [5.41, 5.74) is 1.25. The molecule has 2 heterocycles. The van der Waals surface area contributed by atoms with Crippen LogP contribution in [-0.4, -0.2) is 30.7 Å². The van der Waals surface area contributed by atoms with Gasteiger partial charge in [-0.25, -0.2) is 4.98 Å². The van der Waals surface area contributed by atoms with Crippen LogP contribution in [0.25, 0.3) is 10.2 Å². The van der Waals surface area contributed by atoms with Crippen LogP contribution in [0.2, 0.25) is 0 Å². The Labute approximate surface area is 148 Å². The minimum absolute atomic E-state index is 0.242. The third kappa shape index (κ3) is 3.10. The topological polar surface area (TPSA) is 69.7 Å². The fraction of sp³-hybridized carbons (Fsp3) is 0.222. The highest BCUT2D eigenvalue weighted by Gasteiger charge is 2.16. The van der Waals surface area contributed by atoms with Gasteiger partial charge in [0.2, 0.25) is 0 Å². The van der Waals surface area contributed by atoms with Crippen LogP contribution in [0.15, 0.2) is 36.4 Å². The van der Waals surface area contributed by atoms with Crippen molar-refractivity contribution >= 4 is 32.6 Å². The summed E-state index contributed by atoms with van der Waals surface area (Å²) in [6, 6.07) is 10.9. The van der Waals surface area contributed by atoms with Crippen molar-refractivity contribution in [3.8, 4) is 17.2 Å². The highest BCUT2D eigenvalue weighted by Crippen LogP contribution is 2.33. The molecule has 2 aromatic carbocycles. The van der Waals surface area contributed by atoms with Crippen LogP contribution in [0.4, 0.5) is 5.13 Å². The van der Waals surface area contributed by atoms with Crippen LogP contribution in [0.5, 0.6) is 17.2 Å². The Morgan fingerprint density at radius 3 is 2.92 bits per heavy atom. The molecule has 1 amide bonds. The third-order valence-electron chi connectivity index (χ3n) is 3.71. The number of nitrogens with one attached hydrogen (secondary N) is 1. The smallest absolute Gasteiger partial charge is 0.257 e. The number of fused-ring (bicyclic) bond motifs is 2. The van der Waals surface area contributed by atoms with E-state index in [0.717, 1.165) is 16.0 Å². The molecular formula is C18H16N2O4S. The summed E-state index contributed by atoms with van der Waals surface area (Å²) in [4.78, 5) is 17.0. The molecule has 0 aliphatic carbocycles. The second kappa shape index (κ2) is 6.60. The third-order valence-corrected chi connectivity index (χ3v) is 4.64. The maximum absolute atomic E-state index is 12.5. The van der Waals surface area contributed by atoms with Gasteiger partial charge >= 0.3 is 0 Å². The molecule has 0 spiro atoms. The molecular weight excluding hydrogens is 340 g/mol. The van der Waals surface area contributed by atoms with Gasteiger partial charge in [0.05, 0.1) is 11.3 Å². The molecule has 7 heteroatoms. The van der Waals surface area contributed by atoms with Crippen molar-refractivity contribution in [3.63, 3.8) is 0 Å². The Morgan fingerprint density at radius 1 is 1.24 bits per heavy atom. The van der Waals surface area contributed by atoms with Gasteiger partial charge in [-0.2, -0.15) is 0 Å². The van der Waals surface area contributed by atoms with Gasteiger partial charge in [-0.05, 0) is 37.3 Å². The summed E-state index contributed by atoms with van der Waals surface area (Å²) in [5.74, 6) is 1.72. The number of carbonyl (C=O) groups is 1. The summed E-state index contributed by atoms with van der Waals surface area (Å²) < 4.78 is 17.5. The zero-order valence-corrected chi connectivity index (χ0v) is 14.4. The van der Waals surface area contributed by atoms with E-state index in [1.807, 2.05) is 25.1 Å². The molecule has 0 radical (unpaired) electrons. The lowest BCUT2D eigenvalue weighted by Crippen LogP contribution is -2.17. The van der Waals surface area contributed by atoms with Crippen LogP contribution < -0.4 is 19.5 Å². The Kier molecular flexibility index (Phi) is 4.15. The number of amides is 1. The van der Waals surface area contributed by atoms with E-state index in [0.29, 0.717) is 42.0 Å². The molecule has 25 heavy (non-hydrogen) atoms. The summed E-state index contributed by atoms with van der Waals surface area (Å²) >= 11 is 1.41. The quantitative estimate of drug-likeness (QED) is 0.771. The van der Waals surface area contributed by atoms with Crippen molar-refractivity contribution in [2.75, 3.05) is 25.1 Å². The van der Waals surface area contributed by atoms with Gasteiger partial charge in [0, 0.05) is 5.56 Å². The summed E-state index contributed by atoms with van der Waals surface area (Å²) in [6.07, 6.45) is 0. The van der Waals surface area contributed by atoms with E-state index in [-0.39, 0.29) is 5.91 Å². The molecule has 0 saturated carbocycles. The zero-order chi connectivity index (χ0) is 17.2. The van der Waals surface area contributed by atoms with Crippen LogP contribution in [0, 0.1) is 0 Å². The molecule has 1 aliphatic rings. The number of hydrogen-bond donors (Lipinski definition) is 1. The van der Waals surface area contributed by atoms with E-state index < -0.39 is 0 Å². The van der Waals surface area contributed by atoms with Crippen molar-refractivity contribution in [2.45, 2.75) is 6.92 Å². The van der Waals surface area contributed by atoms with E-state index in [9.17, 15) is 4.79 Å². The fourth-order valence-corrected chi connectivity index (χ4v) is 3.48. The number of para-hydroxylation sites is 1. The average Bonchev–Trinajstić information content (AvgIpc) is 3.05. The molecule has 0 unspecified atom stereocenters. The van der Waals surface area contributed by atoms with Crippen molar-refractivity contribution in [2.24, 2.45) is 0 Å². The lowest BCUT2D eigenvalue weighted by Gasteiger charge is -2.18. The minimum atomic E-state index is -0.242. The monoisotopic (exact) mass is 356 g/mol. The predicted octanol–water partition coefficient (Wildman–Crippen LogP) is 3.72. The molecule has 0 saturated heterocycles. The first-order chi connectivity index (χ1) is 12.2. The number of aromatic nitrogens is 1. The van der Waals surface area contributed by atoms with Gasteiger partial charge in [-0.3, -0.25) is 10.1 Å². The number of benzene rings is 2. The number of rotatable bonds is 4. The molecule has 1 aromatic heterocycles. The fourth-order valence-electron chi connectivity index (χ4n) is 2.60. The maximum Gasteiger partial charge on any atom is 0.257 e. The molecule has 0 atom stereocenters. The molecule has 1 aliphatic heterocycles. The Balaban J connectivity index is 1.58. The van der Waals surface area contributed by atoms with Crippen molar-refractivity contribution in [1.82, 2.24) is 4.98 Å². The van der Waals surface area contributed by atoms with Crippen LogP contribution in [0.3, 0.4) is 0 Å². The Hall–Kier alpha value is -2.80. The van der Waals surface area contributed by atoms with Crippen molar-refractivity contribution < 1.29 is 19.0 Å². The van der Waals surface area contributed by atoms with Gasteiger partial charge in [0.15, 0.2) is 16.6 Å². The molecule has 0 fully saturated rings. The Morgan fingerprint density at radius 2 is 2.08 bits per heavy atom. The molecule has 3 aromatic rings. The maximum atomic E-state index is 12.5. The van der Waals surface area contributed by atoms with Gasteiger partial charge < -0.3 is 14.2 Å². The van der Waals surface area contributed by atoms with Crippen molar-refractivity contribution in [3.05, 3.63) is 42.0 Å². The second-order valence-corrected chi connectivity index (χ2v) is 6.40. The lowest BCUT2D eigenvalue weighted by molar-refractivity contribution is 0.102. The summed E-state index contributed by atoms with van der Waals surface area (Å²) in [6.45, 7) is 3.49. The zero-order valence-electron chi connectivity index (χ0n) is 13.6.